The van der Waals surface area contributed by atoms with E-state index in [1.54, 1.807) is 0 Å². The molecule has 0 radical (unpaired) electrons. The number of carbonyl (C=O) groups excluding carboxylic acids is 1. The van der Waals surface area contributed by atoms with Gasteiger partial charge in [-0.15, -0.1) is 0 Å². The summed E-state index contributed by atoms with van der Waals surface area (Å²) in [6.07, 6.45) is 6.58. The second-order valence-corrected chi connectivity index (χ2v) is 7.56. The van der Waals surface area contributed by atoms with Crippen molar-refractivity contribution in [1.29, 1.82) is 0 Å². The Labute approximate surface area is 149 Å². The van der Waals surface area contributed by atoms with Crippen molar-refractivity contribution in [2.75, 3.05) is 44.8 Å². The first-order valence-electron chi connectivity index (χ1n) is 9.59. The molecule has 3 aliphatic rings. The van der Waals surface area contributed by atoms with E-state index < -0.39 is 0 Å². The Morgan fingerprint density at radius 1 is 1.20 bits per heavy atom. The van der Waals surface area contributed by atoms with E-state index in [1.807, 2.05) is 29.2 Å². The third-order valence-corrected chi connectivity index (χ3v) is 5.81. The van der Waals surface area contributed by atoms with Crippen LogP contribution in [0.1, 0.15) is 42.5 Å². The number of nitrogens with one attached hydrogen (secondary N) is 1. The van der Waals surface area contributed by atoms with Gasteiger partial charge in [0.1, 0.15) is 0 Å². The van der Waals surface area contributed by atoms with Crippen LogP contribution >= 0.6 is 0 Å². The third-order valence-electron chi connectivity index (χ3n) is 5.81. The summed E-state index contributed by atoms with van der Waals surface area (Å²) < 4.78 is 11.4. The summed E-state index contributed by atoms with van der Waals surface area (Å²) >= 11 is 0. The number of benzene rings is 1. The topological polar surface area (TPSA) is 50.8 Å². The van der Waals surface area contributed by atoms with E-state index in [0.717, 1.165) is 24.4 Å². The smallest absolute Gasteiger partial charge is 0.254 e. The van der Waals surface area contributed by atoms with Gasteiger partial charge in [-0.3, -0.25) is 4.79 Å². The highest BCUT2D eigenvalue weighted by atomic mass is 16.5. The summed E-state index contributed by atoms with van der Waals surface area (Å²) in [6, 6.07) is 7.90. The number of anilines is 1. The number of morpholine rings is 1. The molecular weight excluding hydrogens is 316 g/mol. The number of hydrogen-bond acceptors (Lipinski definition) is 4. The van der Waals surface area contributed by atoms with Gasteiger partial charge in [-0.2, -0.15) is 0 Å². The van der Waals surface area contributed by atoms with Crippen molar-refractivity contribution in [3.63, 3.8) is 0 Å². The monoisotopic (exact) mass is 344 g/mol. The number of hydrogen-bond donors (Lipinski definition) is 1. The molecule has 0 spiro atoms. The summed E-state index contributed by atoms with van der Waals surface area (Å²) in [5, 5.41) is 3.57. The third kappa shape index (κ3) is 3.82. The van der Waals surface area contributed by atoms with E-state index in [0.29, 0.717) is 37.8 Å². The van der Waals surface area contributed by atoms with Crippen molar-refractivity contribution in [3.8, 4) is 0 Å². The van der Waals surface area contributed by atoms with Crippen LogP contribution in [0, 0.1) is 5.41 Å². The zero-order valence-electron chi connectivity index (χ0n) is 14.8. The van der Waals surface area contributed by atoms with Crippen LogP contribution in [0.4, 0.5) is 5.69 Å². The Balaban J connectivity index is 1.37. The van der Waals surface area contributed by atoms with Crippen LogP contribution < -0.4 is 5.32 Å². The Hall–Kier alpha value is -1.59. The van der Waals surface area contributed by atoms with Crippen molar-refractivity contribution >= 4 is 11.6 Å². The zero-order chi connectivity index (χ0) is 17.1. The molecule has 1 aliphatic carbocycles. The fourth-order valence-corrected chi connectivity index (χ4v) is 3.99. The van der Waals surface area contributed by atoms with Gasteiger partial charge in [-0.1, -0.05) is 6.07 Å². The molecule has 1 unspecified atom stereocenters. The molecular formula is C20H28N2O3. The molecule has 2 aliphatic heterocycles. The zero-order valence-corrected chi connectivity index (χ0v) is 14.8. The summed E-state index contributed by atoms with van der Waals surface area (Å²) in [7, 11) is 0. The predicted octanol–water partition coefficient (Wildman–Crippen LogP) is 2.92. The van der Waals surface area contributed by atoms with Gasteiger partial charge >= 0.3 is 0 Å². The second-order valence-electron chi connectivity index (χ2n) is 7.56. The van der Waals surface area contributed by atoms with E-state index >= 15 is 0 Å². The number of nitrogens with zero attached hydrogens (tertiary/aromatic N) is 1. The Morgan fingerprint density at radius 3 is 2.76 bits per heavy atom. The van der Waals surface area contributed by atoms with Crippen LogP contribution in [0.15, 0.2) is 24.3 Å². The molecule has 4 rings (SSSR count). The highest BCUT2D eigenvalue weighted by Crippen LogP contribution is 2.52. The summed E-state index contributed by atoms with van der Waals surface area (Å²) in [5.41, 5.74) is 2.09. The minimum Gasteiger partial charge on any atom is -0.384 e. The highest BCUT2D eigenvalue weighted by Gasteiger charge is 2.50. The number of carbonyl (C=O) groups is 1. The minimum atomic E-state index is 0.101. The van der Waals surface area contributed by atoms with Crippen molar-refractivity contribution < 1.29 is 14.3 Å². The SMILES string of the molecule is O=C(c1cccc(NCC2(C3CCCCO3)CC2)c1)N1CCOCC1. The lowest BCUT2D eigenvalue weighted by atomic mass is 9.92. The second kappa shape index (κ2) is 7.34. The Morgan fingerprint density at radius 2 is 2.04 bits per heavy atom. The number of ether oxygens (including phenoxy) is 2. The van der Waals surface area contributed by atoms with Gasteiger partial charge in [0.05, 0.1) is 19.3 Å². The summed E-state index contributed by atoms with van der Waals surface area (Å²) in [6.45, 7) is 4.47. The van der Waals surface area contributed by atoms with Crippen LogP contribution in [0.25, 0.3) is 0 Å². The normalized spacial score (nSPS) is 25.4. The molecule has 0 bridgehead atoms. The fourth-order valence-electron chi connectivity index (χ4n) is 3.99. The molecule has 1 atom stereocenters. The lowest BCUT2D eigenvalue weighted by Gasteiger charge is -2.31. The van der Waals surface area contributed by atoms with Crippen LogP contribution in [0.2, 0.25) is 0 Å². The number of amides is 1. The summed E-state index contributed by atoms with van der Waals surface area (Å²) in [4.78, 5) is 14.5. The first-order chi connectivity index (χ1) is 12.3. The van der Waals surface area contributed by atoms with Crippen LogP contribution in [-0.2, 0) is 9.47 Å². The van der Waals surface area contributed by atoms with E-state index in [2.05, 4.69) is 5.32 Å². The van der Waals surface area contributed by atoms with Crippen molar-refractivity contribution in [2.24, 2.45) is 5.41 Å². The maximum absolute atomic E-state index is 12.6. The van der Waals surface area contributed by atoms with E-state index in [1.165, 1.54) is 32.1 Å². The predicted molar refractivity (Wildman–Crippen MR) is 96.9 cm³/mol. The van der Waals surface area contributed by atoms with Gasteiger partial charge in [0.2, 0.25) is 0 Å². The first-order valence-corrected chi connectivity index (χ1v) is 9.59. The van der Waals surface area contributed by atoms with Crippen molar-refractivity contribution in [1.82, 2.24) is 4.90 Å². The van der Waals surface area contributed by atoms with Crippen molar-refractivity contribution in [2.45, 2.75) is 38.2 Å². The molecule has 2 heterocycles. The molecule has 3 fully saturated rings. The summed E-state index contributed by atoms with van der Waals surface area (Å²) in [5.74, 6) is 0.101. The molecule has 1 saturated carbocycles. The average molecular weight is 344 g/mol. The van der Waals surface area contributed by atoms with Crippen LogP contribution in [0.5, 0.6) is 0 Å². The van der Waals surface area contributed by atoms with E-state index in [9.17, 15) is 4.79 Å². The van der Waals surface area contributed by atoms with E-state index in [4.69, 9.17) is 9.47 Å². The molecule has 2 saturated heterocycles. The quantitative estimate of drug-likeness (QED) is 0.892. The molecule has 0 aromatic heterocycles. The van der Waals surface area contributed by atoms with Crippen LogP contribution in [0.3, 0.4) is 0 Å². The maximum atomic E-state index is 12.6. The standard InChI is InChI=1S/C20H28N2O3/c23-19(22-9-12-24-13-10-22)16-4-3-5-17(14-16)21-15-20(7-8-20)18-6-1-2-11-25-18/h3-5,14,18,21H,1-2,6-13,15H2. The molecule has 1 aromatic rings. The molecule has 1 N–H and O–H groups in total. The molecule has 1 aromatic carbocycles. The van der Waals surface area contributed by atoms with Gasteiger partial charge < -0.3 is 19.7 Å². The lowest BCUT2D eigenvalue weighted by molar-refractivity contribution is -0.0266. The molecule has 1 amide bonds. The van der Waals surface area contributed by atoms with Gasteiger partial charge in [0.15, 0.2) is 0 Å². The molecule has 25 heavy (non-hydrogen) atoms. The van der Waals surface area contributed by atoms with Gasteiger partial charge in [0, 0.05) is 42.9 Å². The molecule has 136 valence electrons. The van der Waals surface area contributed by atoms with Gasteiger partial charge in [-0.05, 0) is 50.3 Å². The van der Waals surface area contributed by atoms with Crippen molar-refractivity contribution in [3.05, 3.63) is 29.8 Å². The van der Waals surface area contributed by atoms with Gasteiger partial charge in [0.25, 0.3) is 5.91 Å². The maximum Gasteiger partial charge on any atom is 0.254 e. The Bertz CT molecular complexity index is 603. The molecule has 5 nitrogen and oxygen atoms in total. The fraction of sp³-hybridized carbons (Fsp3) is 0.650. The first kappa shape index (κ1) is 16.9. The average Bonchev–Trinajstić information content (AvgIpc) is 3.49. The highest BCUT2D eigenvalue weighted by molar-refractivity contribution is 5.95. The lowest BCUT2D eigenvalue weighted by Crippen LogP contribution is -2.40. The molecule has 5 heteroatoms. The number of rotatable bonds is 5. The van der Waals surface area contributed by atoms with Gasteiger partial charge in [-0.25, -0.2) is 0 Å². The largest absolute Gasteiger partial charge is 0.384 e. The van der Waals surface area contributed by atoms with E-state index in [-0.39, 0.29) is 5.91 Å². The minimum absolute atomic E-state index is 0.101. The van der Waals surface area contributed by atoms with Crippen LogP contribution in [-0.4, -0.2) is 56.4 Å². The Kier molecular flexibility index (Phi) is 4.95.